The van der Waals surface area contributed by atoms with Gasteiger partial charge in [0.25, 0.3) is 0 Å². The van der Waals surface area contributed by atoms with Crippen LogP contribution in [0.3, 0.4) is 0 Å². The summed E-state index contributed by atoms with van der Waals surface area (Å²) >= 11 is 0. The van der Waals surface area contributed by atoms with Crippen molar-refractivity contribution in [2.24, 2.45) is 0 Å². The number of carbonyl (C=O) groups is 1. The van der Waals surface area contributed by atoms with Crippen molar-refractivity contribution in [1.82, 2.24) is 14.9 Å². The van der Waals surface area contributed by atoms with Crippen LogP contribution in [0.15, 0.2) is 12.4 Å². The Morgan fingerprint density at radius 1 is 1.44 bits per heavy atom. The predicted molar refractivity (Wildman–Crippen MR) is 63.4 cm³/mol. The summed E-state index contributed by atoms with van der Waals surface area (Å²) in [4.78, 5) is 23.9. The van der Waals surface area contributed by atoms with Crippen molar-refractivity contribution in [2.45, 2.75) is 32.2 Å². The summed E-state index contributed by atoms with van der Waals surface area (Å²) in [5.41, 5.74) is 0. The second kappa shape index (κ2) is 7.25. The molecule has 1 aromatic rings. The standard InChI is InChI=1S/C10H16N4O4/c15-10(16)12-5-3-1-2-4-7-13-8-6-11-9(13)14(17)18/h6,8,12H,1-5,7H2,(H,15,16). The molecule has 0 fully saturated rings. The van der Waals surface area contributed by atoms with E-state index in [2.05, 4.69) is 10.3 Å². The fourth-order valence-electron chi connectivity index (χ4n) is 1.60. The molecule has 0 aliphatic carbocycles. The van der Waals surface area contributed by atoms with Crippen LogP contribution in [0.2, 0.25) is 0 Å². The molecule has 2 N–H and O–H groups in total. The molecular weight excluding hydrogens is 240 g/mol. The molecule has 0 saturated heterocycles. The lowest BCUT2D eigenvalue weighted by Gasteiger charge is -2.02. The third kappa shape index (κ3) is 4.81. The van der Waals surface area contributed by atoms with Crippen LogP contribution in [-0.4, -0.2) is 32.2 Å². The van der Waals surface area contributed by atoms with Crippen LogP contribution in [0.25, 0.3) is 0 Å². The minimum Gasteiger partial charge on any atom is -0.465 e. The number of aromatic nitrogens is 2. The number of hydrogen-bond donors (Lipinski definition) is 2. The molecule has 100 valence electrons. The lowest BCUT2D eigenvalue weighted by molar-refractivity contribution is -0.396. The van der Waals surface area contributed by atoms with Gasteiger partial charge in [0.2, 0.25) is 0 Å². The van der Waals surface area contributed by atoms with Gasteiger partial charge in [0, 0.05) is 6.54 Å². The average molecular weight is 256 g/mol. The highest BCUT2D eigenvalue weighted by Crippen LogP contribution is 2.10. The molecule has 1 heterocycles. The summed E-state index contributed by atoms with van der Waals surface area (Å²) in [7, 11) is 0. The molecule has 0 aliphatic rings. The average Bonchev–Trinajstić information content (AvgIpc) is 2.75. The van der Waals surface area contributed by atoms with Gasteiger partial charge in [-0.1, -0.05) is 17.8 Å². The molecule has 18 heavy (non-hydrogen) atoms. The first kappa shape index (κ1) is 13.9. The number of hydrogen-bond acceptors (Lipinski definition) is 4. The van der Waals surface area contributed by atoms with Crippen molar-refractivity contribution in [1.29, 1.82) is 0 Å². The van der Waals surface area contributed by atoms with E-state index in [0.717, 1.165) is 25.7 Å². The van der Waals surface area contributed by atoms with Crippen molar-refractivity contribution >= 4 is 12.0 Å². The predicted octanol–water partition coefficient (Wildman–Crippen LogP) is 1.62. The zero-order chi connectivity index (χ0) is 13.4. The lowest BCUT2D eigenvalue weighted by atomic mass is 10.2. The first-order valence-electron chi connectivity index (χ1n) is 5.73. The third-order valence-corrected chi connectivity index (χ3v) is 2.46. The molecule has 0 unspecified atom stereocenters. The second-order valence-electron chi connectivity index (χ2n) is 3.82. The Balaban J connectivity index is 2.12. The highest BCUT2D eigenvalue weighted by molar-refractivity contribution is 5.64. The minimum atomic E-state index is -1.01. The number of nitro groups is 1. The number of nitrogens with one attached hydrogen (secondary N) is 1. The van der Waals surface area contributed by atoms with Gasteiger partial charge in [0.15, 0.2) is 0 Å². The molecule has 8 heteroatoms. The third-order valence-electron chi connectivity index (χ3n) is 2.46. The number of amides is 1. The van der Waals surface area contributed by atoms with Gasteiger partial charge in [-0.3, -0.25) is 0 Å². The van der Waals surface area contributed by atoms with Crippen molar-refractivity contribution < 1.29 is 14.8 Å². The Bertz CT molecular complexity index is 404. The zero-order valence-corrected chi connectivity index (χ0v) is 9.91. The van der Waals surface area contributed by atoms with E-state index in [-0.39, 0.29) is 5.95 Å². The van der Waals surface area contributed by atoms with Crippen LogP contribution in [0.1, 0.15) is 25.7 Å². The number of carboxylic acid groups (broad SMARTS) is 1. The Hall–Kier alpha value is -2.12. The van der Waals surface area contributed by atoms with Crippen LogP contribution < -0.4 is 5.32 Å². The number of imidazole rings is 1. The van der Waals surface area contributed by atoms with E-state index in [9.17, 15) is 14.9 Å². The van der Waals surface area contributed by atoms with E-state index in [1.165, 1.54) is 10.8 Å². The first-order valence-corrected chi connectivity index (χ1v) is 5.73. The van der Waals surface area contributed by atoms with Crippen molar-refractivity contribution in [3.05, 3.63) is 22.5 Å². The molecule has 8 nitrogen and oxygen atoms in total. The number of aryl methyl sites for hydroxylation is 1. The molecule has 0 aromatic carbocycles. The quantitative estimate of drug-likeness (QED) is 0.417. The maximum absolute atomic E-state index is 10.6. The van der Waals surface area contributed by atoms with Gasteiger partial charge in [-0.2, -0.15) is 0 Å². The molecule has 1 aromatic heterocycles. The van der Waals surface area contributed by atoms with Crippen molar-refractivity contribution in [3.63, 3.8) is 0 Å². The topological polar surface area (TPSA) is 110 Å². The highest BCUT2D eigenvalue weighted by atomic mass is 16.6. The Labute approximate surface area is 104 Å². The van der Waals surface area contributed by atoms with Gasteiger partial charge in [-0.15, -0.1) is 0 Å². The van der Waals surface area contributed by atoms with E-state index in [4.69, 9.17) is 5.11 Å². The maximum atomic E-state index is 10.6. The molecule has 0 saturated carbocycles. The van der Waals surface area contributed by atoms with Crippen molar-refractivity contribution in [3.8, 4) is 0 Å². The van der Waals surface area contributed by atoms with Gasteiger partial charge < -0.3 is 20.5 Å². The Morgan fingerprint density at radius 2 is 2.17 bits per heavy atom. The minimum absolute atomic E-state index is 0.137. The van der Waals surface area contributed by atoms with Crippen molar-refractivity contribution in [2.75, 3.05) is 6.54 Å². The summed E-state index contributed by atoms with van der Waals surface area (Å²) in [5, 5.41) is 21.2. The van der Waals surface area contributed by atoms with Gasteiger partial charge in [0.1, 0.15) is 12.4 Å². The lowest BCUT2D eigenvalue weighted by Crippen LogP contribution is -2.21. The normalized spacial score (nSPS) is 10.2. The van der Waals surface area contributed by atoms with Crippen LogP contribution in [0, 0.1) is 10.1 Å². The summed E-state index contributed by atoms with van der Waals surface area (Å²) in [5.74, 6) is -0.137. The van der Waals surface area contributed by atoms with Crippen LogP contribution in [0.4, 0.5) is 10.7 Å². The number of nitrogens with zero attached hydrogens (tertiary/aromatic N) is 3. The van der Waals surface area contributed by atoms with Gasteiger partial charge in [0.05, 0.1) is 6.54 Å². The van der Waals surface area contributed by atoms with E-state index in [0.29, 0.717) is 13.1 Å². The van der Waals surface area contributed by atoms with Crippen LogP contribution in [-0.2, 0) is 6.54 Å². The smallest absolute Gasteiger partial charge is 0.434 e. The molecule has 1 amide bonds. The molecule has 0 radical (unpaired) electrons. The van der Waals surface area contributed by atoms with E-state index in [1.807, 2.05) is 0 Å². The molecule has 0 bridgehead atoms. The zero-order valence-electron chi connectivity index (χ0n) is 9.91. The highest BCUT2D eigenvalue weighted by Gasteiger charge is 2.12. The summed E-state index contributed by atoms with van der Waals surface area (Å²) in [6, 6.07) is 0. The molecule has 0 aliphatic heterocycles. The van der Waals surface area contributed by atoms with E-state index >= 15 is 0 Å². The molecular formula is C10H16N4O4. The molecule has 0 atom stereocenters. The Morgan fingerprint density at radius 3 is 2.83 bits per heavy atom. The van der Waals surface area contributed by atoms with Crippen LogP contribution >= 0.6 is 0 Å². The Kier molecular flexibility index (Phi) is 5.62. The summed E-state index contributed by atoms with van der Waals surface area (Å²) in [6.45, 7) is 1.00. The maximum Gasteiger partial charge on any atom is 0.434 e. The van der Waals surface area contributed by atoms with Gasteiger partial charge in [-0.25, -0.2) is 9.36 Å². The number of unbranched alkanes of at least 4 members (excludes halogenated alkanes) is 3. The fourth-order valence-corrected chi connectivity index (χ4v) is 1.60. The summed E-state index contributed by atoms with van der Waals surface area (Å²) in [6.07, 6.45) is 5.37. The number of rotatable bonds is 8. The van der Waals surface area contributed by atoms with Crippen LogP contribution in [0.5, 0.6) is 0 Å². The van der Waals surface area contributed by atoms with Gasteiger partial charge in [-0.05, 0) is 17.8 Å². The second-order valence-corrected chi connectivity index (χ2v) is 3.82. The SMILES string of the molecule is O=C(O)NCCCCCCn1ccnc1[N+](=O)[O-]. The van der Waals surface area contributed by atoms with Gasteiger partial charge >= 0.3 is 12.0 Å². The van der Waals surface area contributed by atoms with E-state index < -0.39 is 11.0 Å². The summed E-state index contributed by atoms with van der Waals surface area (Å²) < 4.78 is 1.51. The fraction of sp³-hybridized carbons (Fsp3) is 0.600. The molecule has 1 rings (SSSR count). The first-order chi connectivity index (χ1) is 8.61. The van der Waals surface area contributed by atoms with E-state index in [1.54, 1.807) is 6.20 Å². The largest absolute Gasteiger partial charge is 0.465 e. The molecule has 0 spiro atoms. The monoisotopic (exact) mass is 256 g/mol.